The van der Waals surface area contributed by atoms with Gasteiger partial charge in [0.1, 0.15) is 0 Å². The van der Waals surface area contributed by atoms with Crippen LogP contribution in [0.2, 0.25) is 0 Å². The van der Waals surface area contributed by atoms with Crippen LogP contribution in [0.1, 0.15) is 33.9 Å². The molecule has 7 nitrogen and oxygen atoms in total. The van der Waals surface area contributed by atoms with Crippen molar-refractivity contribution in [2.75, 3.05) is 4.90 Å². The summed E-state index contributed by atoms with van der Waals surface area (Å²) in [6, 6.07) is 25.5. The van der Waals surface area contributed by atoms with E-state index in [9.17, 15) is 23.3 Å². The van der Waals surface area contributed by atoms with Crippen LogP contribution in [0.25, 0.3) is 0 Å². The fourth-order valence-electron chi connectivity index (χ4n) is 5.07. The Kier molecular flexibility index (Phi) is 6.15. The average Bonchev–Trinajstić information content (AvgIpc) is 2.90. The van der Waals surface area contributed by atoms with Crippen LogP contribution in [0.15, 0.2) is 102 Å². The Labute approximate surface area is 221 Å². The van der Waals surface area contributed by atoms with Crippen molar-refractivity contribution in [1.82, 2.24) is 0 Å². The van der Waals surface area contributed by atoms with Gasteiger partial charge in [0.2, 0.25) is 4.75 Å². The lowest BCUT2D eigenvalue weighted by molar-refractivity contribution is -0.384. The van der Waals surface area contributed by atoms with Crippen molar-refractivity contribution in [3.63, 3.8) is 0 Å². The number of nitro groups is 1. The number of rotatable bonds is 6. The summed E-state index contributed by atoms with van der Waals surface area (Å²) in [5.41, 5.74) is 4.08. The maximum atomic E-state index is 14.6. The molecule has 1 saturated heterocycles. The standard InChI is InChI=1S/C30H26N2O5S/c1-20-4-10-23(11-5-20)28-30(24-12-16-26(17-13-24)32(34)35,38(36,37)27-18-8-22(3)9-19-27)29(33)31(28)25-14-6-21(2)7-15-25/h4-19,28H,1-3H3. The van der Waals surface area contributed by atoms with E-state index in [0.717, 1.165) is 16.7 Å². The van der Waals surface area contributed by atoms with Crippen LogP contribution >= 0.6 is 0 Å². The minimum atomic E-state index is -4.33. The van der Waals surface area contributed by atoms with Crippen LogP contribution in [0.3, 0.4) is 0 Å². The molecule has 0 N–H and O–H groups in total. The highest BCUT2D eigenvalue weighted by molar-refractivity contribution is 7.93. The summed E-state index contributed by atoms with van der Waals surface area (Å²) >= 11 is 0. The van der Waals surface area contributed by atoms with Gasteiger partial charge in [0.25, 0.3) is 11.6 Å². The van der Waals surface area contributed by atoms with Crippen LogP contribution in [-0.2, 0) is 19.4 Å². The Morgan fingerprint density at radius 2 is 1.21 bits per heavy atom. The predicted octanol–water partition coefficient (Wildman–Crippen LogP) is 5.98. The van der Waals surface area contributed by atoms with Crippen molar-refractivity contribution < 1.29 is 18.1 Å². The van der Waals surface area contributed by atoms with E-state index >= 15 is 0 Å². The van der Waals surface area contributed by atoms with E-state index in [4.69, 9.17) is 0 Å². The van der Waals surface area contributed by atoms with Crippen molar-refractivity contribution in [2.24, 2.45) is 0 Å². The first-order chi connectivity index (χ1) is 18.1. The highest BCUT2D eigenvalue weighted by Gasteiger charge is 2.70. The number of hydrogen-bond acceptors (Lipinski definition) is 5. The number of aryl methyl sites for hydroxylation is 3. The molecule has 0 saturated carbocycles. The number of sulfone groups is 1. The fraction of sp³-hybridized carbons (Fsp3) is 0.167. The molecular formula is C30H26N2O5S. The van der Waals surface area contributed by atoms with E-state index in [1.54, 1.807) is 24.3 Å². The van der Waals surface area contributed by atoms with Crippen molar-refractivity contribution >= 4 is 27.1 Å². The molecule has 0 aliphatic carbocycles. The van der Waals surface area contributed by atoms with E-state index in [0.29, 0.717) is 11.3 Å². The molecule has 38 heavy (non-hydrogen) atoms. The summed E-state index contributed by atoms with van der Waals surface area (Å²) in [6.45, 7) is 5.72. The first-order valence-corrected chi connectivity index (χ1v) is 13.6. The molecule has 1 amide bonds. The Hall–Kier alpha value is -4.30. The molecule has 2 unspecified atom stereocenters. The SMILES string of the molecule is Cc1ccc(C2N(c3ccc(C)cc3)C(=O)C2(c2ccc([N+](=O)[O-])cc2)S(=O)(=O)c2ccc(C)cc2)cc1. The van der Waals surface area contributed by atoms with E-state index < -0.39 is 31.5 Å². The number of carbonyl (C=O) groups excluding carboxylic acids is 1. The van der Waals surface area contributed by atoms with Gasteiger partial charge in [-0.25, -0.2) is 8.42 Å². The molecule has 5 rings (SSSR count). The van der Waals surface area contributed by atoms with Crippen LogP contribution in [0.5, 0.6) is 0 Å². The first kappa shape index (κ1) is 25.4. The van der Waals surface area contributed by atoms with Gasteiger partial charge in [-0.2, -0.15) is 0 Å². The molecule has 2 atom stereocenters. The zero-order chi connectivity index (χ0) is 27.2. The van der Waals surface area contributed by atoms with Gasteiger partial charge >= 0.3 is 0 Å². The Morgan fingerprint density at radius 3 is 1.71 bits per heavy atom. The summed E-state index contributed by atoms with van der Waals surface area (Å²) in [5.74, 6) is -0.610. The predicted molar refractivity (Wildman–Crippen MR) is 146 cm³/mol. The highest BCUT2D eigenvalue weighted by atomic mass is 32.2. The Morgan fingerprint density at radius 1 is 0.737 bits per heavy atom. The van der Waals surface area contributed by atoms with Crippen molar-refractivity contribution in [1.29, 1.82) is 0 Å². The smallest absolute Gasteiger partial charge is 0.269 e. The normalized spacial score (nSPS) is 19.2. The molecule has 0 radical (unpaired) electrons. The number of non-ortho nitro benzene ring substituents is 1. The van der Waals surface area contributed by atoms with Crippen molar-refractivity contribution in [3.05, 3.63) is 135 Å². The molecule has 0 bridgehead atoms. The molecule has 1 heterocycles. The van der Waals surface area contributed by atoms with Crippen LogP contribution < -0.4 is 4.90 Å². The van der Waals surface area contributed by atoms with Crippen LogP contribution in [0, 0.1) is 30.9 Å². The first-order valence-electron chi connectivity index (χ1n) is 12.1. The molecule has 4 aromatic carbocycles. The minimum absolute atomic E-state index is 0.00969. The molecule has 192 valence electrons. The fourth-order valence-corrected chi connectivity index (χ4v) is 7.24. The van der Waals surface area contributed by atoms with Gasteiger partial charge in [-0.05, 0) is 68.3 Å². The quantitative estimate of drug-likeness (QED) is 0.175. The lowest BCUT2D eigenvalue weighted by Crippen LogP contribution is -2.69. The molecule has 0 spiro atoms. The molecule has 1 aliphatic heterocycles. The maximum absolute atomic E-state index is 14.6. The van der Waals surface area contributed by atoms with E-state index in [2.05, 4.69) is 0 Å². The molecule has 0 aromatic heterocycles. The van der Waals surface area contributed by atoms with Crippen molar-refractivity contribution in [3.8, 4) is 0 Å². The molecule has 1 fully saturated rings. The second-order valence-corrected chi connectivity index (χ2v) is 11.8. The zero-order valence-electron chi connectivity index (χ0n) is 21.2. The van der Waals surface area contributed by atoms with Gasteiger partial charge in [-0.1, -0.05) is 65.2 Å². The molecular weight excluding hydrogens is 500 g/mol. The number of hydrogen-bond donors (Lipinski definition) is 0. The average molecular weight is 527 g/mol. The maximum Gasteiger partial charge on any atom is 0.269 e. The van der Waals surface area contributed by atoms with Gasteiger partial charge in [-0.3, -0.25) is 14.9 Å². The lowest BCUT2D eigenvalue weighted by atomic mass is 9.76. The van der Waals surface area contributed by atoms with Gasteiger partial charge in [0, 0.05) is 17.8 Å². The summed E-state index contributed by atoms with van der Waals surface area (Å²) in [6.07, 6.45) is 0. The topological polar surface area (TPSA) is 97.6 Å². The number of anilines is 1. The van der Waals surface area contributed by atoms with Gasteiger partial charge in [-0.15, -0.1) is 0 Å². The molecule has 8 heteroatoms. The molecule has 1 aliphatic rings. The van der Waals surface area contributed by atoms with Gasteiger partial charge in [0.05, 0.1) is 15.9 Å². The highest BCUT2D eigenvalue weighted by Crippen LogP contribution is 2.58. The van der Waals surface area contributed by atoms with Crippen LogP contribution in [0.4, 0.5) is 11.4 Å². The number of amides is 1. The van der Waals surface area contributed by atoms with Crippen molar-refractivity contribution in [2.45, 2.75) is 36.5 Å². The van der Waals surface area contributed by atoms with Gasteiger partial charge in [0.15, 0.2) is 9.84 Å². The van der Waals surface area contributed by atoms with Crippen LogP contribution in [-0.4, -0.2) is 19.2 Å². The number of β-lactam (4-membered cyclic amide) rings is 1. The largest absolute Gasteiger partial charge is 0.301 e. The second-order valence-electron chi connectivity index (χ2n) is 9.68. The number of benzene rings is 4. The minimum Gasteiger partial charge on any atom is -0.301 e. The summed E-state index contributed by atoms with van der Waals surface area (Å²) in [4.78, 5) is 26.7. The van der Waals surface area contributed by atoms with E-state index in [-0.39, 0.29) is 16.1 Å². The summed E-state index contributed by atoms with van der Waals surface area (Å²) < 4.78 is 27.1. The zero-order valence-corrected chi connectivity index (χ0v) is 22.0. The summed E-state index contributed by atoms with van der Waals surface area (Å²) in [7, 11) is -4.33. The third kappa shape index (κ3) is 3.80. The summed E-state index contributed by atoms with van der Waals surface area (Å²) in [5, 5.41) is 11.4. The Bertz CT molecular complexity index is 1630. The third-order valence-corrected chi connectivity index (χ3v) is 9.52. The van der Waals surface area contributed by atoms with E-state index in [1.165, 1.54) is 41.3 Å². The molecule has 4 aromatic rings. The Balaban J connectivity index is 1.81. The number of nitro benzene ring substituents is 1. The number of nitrogens with zero attached hydrogens (tertiary/aromatic N) is 2. The monoisotopic (exact) mass is 526 g/mol. The van der Waals surface area contributed by atoms with E-state index in [1.807, 2.05) is 57.2 Å². The number of carbonyl (C=O) groups is 1. The second kappa shape index (κ2) is 9.22. The third-order valence-electron chi connectivity index (χ3n) is 7.15. The lowest BCUT2D eigenvalue weighted by Gasteiger charge is -2.55. The van der Waals surface area contributed by atoms with Gasteiger partial charge < -0.3 is 4.90 Å².